The maximum absolute atomic E-state index is 11.8. The predicted octanol–water partition coefficient (Wildman–Crippen LogP) is 1.31. The minimum atomic E-state index is -3.36. The van der Waals surface area contributed by atoms with E-state index in [1.165, 1.54) is 11.3 Å². The SMILES string of the molecule is NC1CCC(OCCNS(=O)(=O)c2cccs2)CC1. The maximum Gasteiger partial charge on any atom is 0.250 e. The second-order valence-electron chi connectivity index (χ2n) is 4.74. The Balaban J connectivity index is 1.67. The van der Waals surface area contributed by atoms with Crippen molar-refractivity contribution in [1.82, 2.24) is 4.72 Å². The summed E-state index contributed by atoms with van der Waals surface area (Å²) in [5.74, 6) is 0. The lowest BCUT2D eigenvalue weighted by molar-refractivity contribution is 0.0287. The first kappa shape index (κ1) is 14.9. The number of nitrogens with two attached hydrogens (primary N) is 1. The zero-order valence-corrected chi connectivity index (χ0v) is 12.4. The third kappa shape index (κ3) is 4.54. The van der Waals surface area contributed by atoms with E-state index < -0.39 is 10.0 Å². The Hall–Kier alpha value is -0.470. The van der Waals surface area contributed by atoms with E-state index >= 15 is 0 Å². The molecule has 0 atom stereocenters. The summed E-state index contributed by atoms with van der Waals surface area (Å²) < 4.78 is 32.2. The summed E-state index contributed by atoms with van der Waals surface area (Å²) in [6.07, 6.45) is 4.15. The molecule has 0 bridgehead atoms. The van der Waals surface area contributed by atoms with Crippen LogP contribution in [-0.2, 0) is 14.8 Å². The molecule has 2 rings (SSSR count). The first-order valence-electron chi connectivity index (χ1n) is 6.48. The lowest BCUT2D eigenvalue weighted by Crippen LogP contribution is -2.32. The molecule has 5 nitrogen and oxygen atoms in total. The van der Waals surface area contributed by atoms with Gasteiger partial charge in [0.2, 0.25) is 10.0 Å². The smallest absolute Gasteiger partial charge is 0.250 e. The number of rotatable bonds is 6. The molecule has 0 radical (unpaired) electrons. The Morgan fingerprint density at radius 1 is 1.37 bits per heavy atom. The van der Waals surface area contributed by atoms with Gasteiger partial charge in [0.25, 0.3) is 0 Å². The van der Waals surface area contributed by atoms with Gasteiger partial charge in [0.05, 0.1) is 12.7 Å². The highest BCUT2D eigenvalue weighted by atomic mass is 32.2. The topological polar surface area (TPSA) is 81.4 Å². The molecule has 1 heterocycles. The van der Waals surface area contributed by atoms with Crippen LogP contribution in [0.2, 0.25) is 0 Å². The Kier molecular flexibility index (Phi) is 5.35. The van der Waals surface area contributed by atoms with Crippen molar-refractivity contribution in [3.05, 3.63) is 17.5 Å². The van der Waals surface area contributed by atoms with Crippen LogP contribution < -0.4 is 10.5 Å². The highest BCUT2D eigenvalue weighted by Crippen LogP contribution is 2.19. The lowest BCUT2D eigenvalue weighted by Gasteiger charge is -2.26. The molecule has 1 aromatic heterocycles. The molecule has 1 saturated carbocycles. The predicted molar refractivity (Wildman–Crippen MR) is 75.7 cm³/mol. The van der Waals surface area contributed by atoms with Gasteiger partial charge in [0.15, 0.2) is 0 Å². The van der Waals surface area contributed by atoms with Crippen molar-refractivity contribution in [3.63, 3.8) is 0 Å². The van der Waals surface area contributed by atoms with Crippen LogP contribution in [0.3, 0.4) is 0 Å². The van der Waals surface area contributed by atoms with E-state index in [1.54, 1.807) is 17.5 Å². The number of nitrogens with one attached hydrogen (secondary N) is 1. The summed E-state index contributed by atoms with van der Waals surface area (Å²) in [5, 5.41) is 1.75. The van der Waals surface area contributed by atoms with Crippen LogP contribution in [0.5, 0.6) is 0 Å². The Labute approximate surface area is 118 Å². The second kappa shape index (κ2) is 6.81. The Morgan fingerprint density at radius 2 is 2.11 bits per heavy atom. The quantitative estimate of drug-likeness (QED) is 0.777. The maximum atomic E-state index is 11.8. The fourth-order valence-corrected chi connectivity index (χ4v) is 4.20. The van der Waals surface area contributed by atoms with Crippen molar-refractivity contribution in [3.8, 4) is 0 Å². The van der Waals surface area contributed by atoms with Crippen LogP contribution in [0.4, 0.5) is 0 Å². The van der Waals surface area contributed by atoms with Crippen molar-refractivity contribution in [2.24, 2.45) is 5.73 Å². The summed E-state index contributed by atoms with van der Waals surface area (Å²) in [5.41, 5.74) is 5.82. The number of sulfonamides is 1. The molecular weight excluding hydrogens is 284 g/mol. The highest BCUT2D eigenvalue weighted by Gasteiger charge is 2.19. The van der Waals surface area contributed by atoms with Crippen molar-refractivity contribution in [2.75, 3.05) is 13.2 Å². The van der Waals surface area contributed by atoms with E-state index in [1.807, 2.05) is 0 Å². The van der Waals surface area contributed by atoms with Crippen molar-refractivity contribution in [2.45, 2.75) is 42.0 Å². The highest BCUT2D eigenvalue weighted by molar-refractivity contribution is 7.91. The summed E-state index contributed by atoms with van der Waals surface area (Å²) in [4.78, 5) is 0. The average Bonchev–Trinajstić information content (AvgIpc) is 2.91. The first-order chi connectivity index (χ1) is 9.08. The fraction of sp³-hybridized carbons (Fsp3) is 0.667. The third-order valence-corrected chi connectivity index (χ3v) is 6.08. The largest absolute Gasteiger partial charge is 0.377 e. The minimum Gasteiger partial charge on any atom is -0.377 e. The van der Waals surface area contributed by atoms with Gasteiger partial charge in [-0.15, -0.1) is 11.3 Å². The molecule has 108 valence electrons. The molecule has 0 aromatic carbocycles. The lowest BCUT2D eigenvalue weighted by atomic mass is 9.94. The van der Waals surface area contributed by atoms with Crippen LogP contribution in [0.1, 0.15) is 25.7 Å². The van der Waals surface area contributed by atoms with Gasteiger partial charge < -0.3 is 10.5 Å². The monoisotopic (exact) mass is 304 g/mol. The van der Waals surface area contributed by atoms with Crippen molar-refractivity contribution < 1.29 is 13.2 Å². The molecule has 0 spiro atoms. The number of thiophene rings is 1. The summed E-state index contributed by atoms with van der Waals surface area (Å²) >= 11 is 1.21. The van der Waals surface area contributed by atoms with Crippen LogP contribution >= 0.6 is 11.3 Å². The van der Waals surface area contributed by atoms with Crippen molar-refractivity contribution >= 4 is 21.4 Å². The number of hydrogen-bond donors (Lipinski definition) is 2. The third-order valence-electron chi connectivity index (χ3n) is 3.23. The summed E-state index contributed by atoms with van der Waals surface area (Å²) in [7, 11) is -3.36. The van der Waals surface area contributed by atoms with Crippen molar-refractivity contribution in [1.29, 1.82) is 0 Å². The molecule has 7 heteroatoms. The molecule has 1 aliphatic carbocycles. The zero-order chi connectivity index (χ0) is 13.7. The Bertz CT molecular complexity index is 465. The molecule has 19 heavy (non-hydrogen) atoms. The van der Waals surface area contributed by atoms with Crippen LogP contribution in [0.15, 0.2) is 21.7 Å². The average molecular weight is 304 g/mol. The van der Waals surface area contributed by atoms with Gasteiger partial charge in [0, 0.05) is 12.6 Å². The summed E-state index contributed by atoms with van der Waals surface area (Å²) in [6.45, 7) is 0.716. The van der Waals surface area contributed by atoms with Crippen LogP contribution in [0.25, 0.3) is 0 Å². The van der Waals surface area contributed by atoms with E-state index in [0.29, 0.717) is 23.4 Å². The molecule has 0 amide bonds. The zero-order valence-electron chi connectivity index (χ0n) is 10.7. The minimum absolute atomic E-state index is 0.228. The number of hydrogen-bond acceptors (Lipinski definition) is 5. The molecule has 0 aliphatic heterocycles. The molecule has 0 unspecified atom stereocenters. The molecular formula is C12H20N2O3S2. The van der Waals surface area contributed by atoms with E-state index in [9.17, 15) is 8.42 Å². The van der Waals surface area contributed by atoms with E-state index in [0.717, 1.165) is 25.7 Å². The van der Waals surface area contributed by atoms with Gasteiger partial charge in [-0.05, 0) is 37.1 Å². The number of ether oxygens (including phenoxy) is 1. The van der Waals surface area contributed by atoms with Crippen LogP contribution in [-0.4, -0.2) is 33.7 Å². The molecule has 1 aromatic rings. The molecule has 3 N–H and O–H groups in total. The molecule has 1 fully saturated rings. The van der Waals surface area contributed by atoms with Gasteiger partial charge in [-0.25, -0.2) is 13.1 Å². The fourth-order valence-electron chi connectivity index (χ4n) is 2.14. The second-order valence-corrected chi connectivity index (χ2v) is 7.68. The van der Waals surface area contributed by atoms with Gasteiger partial charge >= 0.3 is 0 Å². The standard InChI is InChI=1S/C12H20N2O3S2/c13-10-3-5-11(6-4-10)17-8-7-14-19(15,16)12-2-1-9-18-12/h1-2,9-11,14H,3-8,13H2. The van der Waals surface area contributed by atoms with Gasteiger partial charge in [-0.1, -0.05) is 6.07 Å². The summed E-state index contributed by atoms with van der Waals surface area (Å²) in [6, 6.07) is 3.62. The van der Waals surface area contributed by atoms with Crippen LogP contribution in [0, 0.1) is 0 Å². The van der Waals surface area contributed by atoms with E-state index in [2.05, 4.69) is 4.72 Å². The normalized spacial score (nSPS) is 24.5. The van der Waals surface area contributed by atoms with Gasteiger partial charge in [-0.3, -0.25) is 0 Å². The van der Waals surface area contributed by atoms with Gasteiger partial charge in [0.1, 0.15) is 4.21 Å². The first-order valence-corrected chi connectivity index (χ1v) is 8.84. The van der Waals surface area contributed by atoms with Gasteiger partial charge in [-0.2, -0.15) is 0 Å². The molecule has 0 saturated heterocycles. The van der Waals surface area contributed by atoms with E-state index in [4.69, 9.17) is 10.5 Å². The molecule has 1 aliphatic rings. The van der Waals surface area contributed by atoms with E-state index in [-0.39, 0.29) is 6.10 Å². The Morgan fingerprint density at radius 3 is 2.74 bits per heavy atom.